The number of cyclic esters (lactones) is 1. The largest absolute Gasteiger partial charge is 0.434 e. The summed E-state index contributed by atoms with van der Waals surface area (Å²) in [6, 6.07) is 9.03. The van der Waals surface area contributed by atoms with Crippen molar-refractivity contribution in [2.45, 2.75) is 6.23 Å². The van der Waals surface area contributed by atoms with E-state index in [-0.39, 0.29) is 11.0 Å². The molecule has 0 saturated heterocycles. The van der Waals surface area contributed by atoms with Crippen LogP contribution in [0, 0.1) is 5.82 Å². The molecule has 4 aromatic rings. The van der Waals surface area contributed by atoms with Crippen LogP contribution in [-0.2, 0) is 4.74 Å². The van der Waals surface area contributed by atoms with Gasteiger partial charge in [-0.05, 0) is 24.3 Å². The zero-order valence-electron chi connectivity index (χ0n) is 14.1. The molecule has 0 unspecified atom stereocenters. The quantitative estimate of drug-likeness (QED) is 0.496. The highest BCUT2D eigenvalue weighted by Gasteiger charge is 2.28. The van der Waals surface area contributed by atoms with Crippen molar-refractivity contribution in [1.29, 1.82) is 0 Å². The minimum atomic E-state index is -0.763. The molecule has 1 aliphatic rings. The SMILES string of the molecule is O=C1O[C@@H](c2ccc(F)cc2)Nc2nc(-c3c[nH]c4ncc(Cl)nc34)ccc21. The third kappa shape index (κ3) is 2.74. The van der Waals surface area contributed by atoms with Crippen LogP contribution < -0.4 is 5.32 Å². The first-order valence-corrected chi connectivity index (χ1v) is 8.70. The molecule has 0 spiro atoms. The molecule has 3 aromatic heterocycles. The van der Waals surface area contributed by atoms with Crippen molar-refractivity contribution < 1.29 is 13.9 Å². The summed E-state index contributed by atoms with van der Waals surface area (Å²) in [5.74, 6) is -0.512. The van der Waals surface area contributed by atoms with Crippen molar-refractivity contribution in [2.24, 2.45) is 0 Å². The number of carbonyl (C=O) groups is 1. The van der Waals surface area contributed by atoms with E-state index in [0.717, 1.165) is 0 Å². The lowest BCUT2D eigenvalue weighted by Crippen LogP contribution is -2.26. The fourth-order valence-corrected chi connectivity index (χ4v) is 3.20. The lowest BCUT2D eigenvalue weighted by Gasteiger charge is -2.26. The Kier molecular flexibility index (Phi) is 3.73. The smallest absolute Gasteiger partial charge is 0.344 e. The van der Waals surface area contributed by atoms with Crippen LogP contribution in [0.15, 0.2) is 48.8 Å². The second-order valence-corrected chi connectivity index (χ2v) is 6.55. The van der Waals surface area contributed by atoms with Gasteiger partial charge >= 0.3 is 5.97 Å². The van der Waals surface area contributed by atoms with Gasteiger partial charge < -0.3 is 15.0 Å². The van der Waals surface area contributed by atoms with Gasteiger partial charge in [0.1, 0.15) is 27.9 Å². The van der Waals surface area contributed by atoms with E-state index in [0.29, 0.717) is 39.4 Å². The number of hydrogen-bond donors (Lipinski definition) is 2. The van der Waals surface area contributed by atoms with Crippen LogP contribution >= 0.6 is 11.6 Å². The van der Waals surface area contributed by atoms with Gasteiger partial charge in [-0.2, -0.15) is 0 Å². The number of aromatic amines is 1. The molecule has 138 valence electrons. The maximum absolute atomic E-state index is 13.2. The van der Waals surface area contributed by atoms with Gasteiger partial charge in [-0.3, -0.25) is 0 Å². The lowest BCUT2D eigenvalue weighted by atomic mass is 10.1. The molecular formula is C19H11ClFN5O2. The number of H-pyrrole nitrogens is 1. The van der Waals surface area contributed by atoms with Crippen LogP contribution in [0.4, 0.5) is 10.2 Å². The number of carbonyl (C=O) groups excluding carboxylic acids is 1. The number of rotatable bonds is 2. The van der Waals surface area contributed by atoms with E-state index in [9.17, 15) is 9.18 Å². The Labute approximate surface area is 162 Å². The van der Waals surface area contributed by atoms with Crippen molar-refractivity contribution >= 4 is 34.6 Å². The van der Waals surface area contributed by atoms with Gasteiger partial charge in [0.2, 0.25) is 6.23 Å². The van der Waals surface area contributed by atoms with Gasteiger partial charge in [0.15, 0.2) is 5.65 Å². The number of pyridine rings is 1. The van der Waals surface area contributed by atoms with Crippen molar-refractivity contribution in [1.82, 2.24) is 19.9 Å². The third-order valence-electron chi connectivity index (χ3n) is 4.41. The minimum Gasteiger partial charge on any atom is -0.434 e. The predicted molar refractivity (Wildman–Crippen MR) is 100 cm³/mol. The number of nitrogens with zero attached hydrogens (tertiary/aromatic N) is 3. The van der Waals surface area contributed by atoms with Crippen LogP contribution in [0.2, 0.25) is 5.15 Å². The number of hydrogen-bond acceptors (Lipinski definition) is 6. The second-order valence-electron chi connectivity index (χ2n) is 6.17. The van der Waals surface area contributed by atoms with E-state index in [2.05, 4.69) is 25.3 Å². The summed E-state index contributed by atoms with van der Waals surface area (Å²) in [6.07, 6.45) is 2.42. The summed E-state index contributed by atoms with van der Waals surface area (Å²) in [7, 11) is 0. The molecule has 7 nitrogen and oxygen atoms in total. The Morgan fingerprint density at radius 1 is 1.07 bits per heavy atom. The molecule has 1 aliphatic heterocycles. The summed E-state index contributed by atoms with van der Waals surface area (Å²) < 4.78 is 18.6. The zero-order valence-corrected chi connectivity index (χ0v) is 14.9. The van der Waals surface area contributed by atoms with Crippen LogP contribution in [0.25, 0.3) is 22.4 Å². The Balaban J connectivity index is 1.56. The second kappa shape index (κ2) is 6.28. The first-order chi connectivity index (χ1) is 13.6. The molecule has 4 heterocycles. The van der Waals surface area contributed by atoms with Crippen molar-refractivity contribution in [3.8, 4) is 11.3 Å². The van der Waals surface area contributed by atoms with Crippen LogP contribution in [-0.4, -0.2) is 25.9 Å². The van der Waals surface area contributed by atoms with Crippen LogP contribution in [0.5, 0.6) is 0 Å². The number of halogens is 2. The number of fused-ring (bicyclic) bond motifs is 2. The van der Waals surface area contributed by atoms with Crippen molar-refractivity contribution in [3.63, 3.8) is 0 Å². The number of anilines is 1. The highest BCUT2D eigenvalue weighted by atomic mass is 35.5. The molecule has 1 aromatic carbocycles. The molecule has 2 N–H and O–H groups in total. The Bertz CT molecular complexity index is 1220. The summed E-state index contributed by atoms with van der Waals surface area (Å²) >= 11 is 5.96. The van der Waals surface area contributed by atoms with Crippen LogP contribution in [0.3, 0.4) is 0 Å². The molecule has 0 amide bonds. The van der Waals surface area contributed by atoms with Gasteiger partial charge in [0.25, 0.3) is 0 Å². The fraction of sp³-hybridized carbons (Fsp3) is 0.0526. The van der Waals surface area contributed by atoms with Crippen molar-refractivity contribution in [2.75, 3.05) is 5.32 Å². The first kappa shape index (κ1) is 16.6. The number of ether oxygens (including phenoxy) is 1. The average Bonchev–Trinajstić information content (AvgIpc) is 3.11. The van der Waals surface area contributed by atoms with E-state index in [4.69, 9.17) is 16.3 Å². The molecule has 0 saturated carbocycles. The first-order valence-electron chi connectivity index (χ1n) is 8.32. The molecule has 5 rings (SSSR count). The van der Waals surface area contributed by atoms with Gasteiger partial charge in [0, 0.05) is 17.3 Å². The summed E-state index contributed by atoms with van der Waals surface area (Å²) in [6.45, 7) is 0. The Hall–Kier alpha value is -3.52. The Morgan fingerprint density at radius 3 is 2.71 bits per heavy atom. The highest BCUT2D eigenvalue weighted by molar-refractivity contribution is 6.29. The number of esters is 1. The molecule has 9 heteroatoms. The molecule has 0 fully saturated rings. The van der Waals surface area contributed by atoms with E-state index >= 15 is 0 Å². The van der Waals surface area contributed by atoms with Gasteiger partial charge in [-0.25, -0.2) is 24.1 Å². The van der Waals surface area contributed by atoms with E-state index < -0.39 is 12.2 Å². The molecule has 0 bridgehead atoms. The maximum atomic E-state index is 13.2. The van der Waals surface area contributed by atoms with Gasteiger partial charge in [0.05, 0.1) is 11.9 Å². The lowest BCUT2D eigenvalue weighted by molar-refractivity contribution is 0.0328. The topological polar surface area (TPSA) is 92.8 Å². The van der Waals surface area contributed by atoms with Gasteiger partial charge in [-0.15, -0.1) is 0 Å². The number of benzene rings is 1. The zero-order chi connectivity index (χ0) is 19.3. The predicted octanol–water partition coefficient (Wildman–Crippen LogP) is 4.09. The van der Waals surface area contributed by atoms with E-state index in [1.54, 1.807) is 30.5 Å². The van der Waals surface area contributed by atoms with Crippen LogP contribution in [0.1, 0.15) is 22.1 Å². The third-order valence-corrected chi connectivity index (χ3v) is 4.59. The number of nitrogens with one attached hydrogen (secondary N) is 2. The molecule has 28 heavy (non-hydrogen) atoms. The number of aromatic nitrogens is 4. The summed E-state index contributed by atoms with van der Waals surface area (Å²) in [4.78, 5) is 28.4. The summed E-state index contributed by atoms with van der Waals surface area (Å²) in [5, 5.41) is 3.34. The Morgan fingerprint density at radius 2 is 1.89 bits per heavy atom. The van der Waals surface area contributed by atoms with E-state index in [1.165, 1.54) is 18.3 Å². The monoisotopic (exact) mass is 395 g/mol. The summed E-state index contributed by atoms with van der Waals surface area (Å²) in [5.41, 5.74) is 3.36. The molecule has 1 atom stereocenters. The molecule has 0 radical (unpaired) electrons. The standard InChI is InChI=1S/C19H11ClFN5O2/c20-14-8-23-17-15(25-14)12(7-22-17)13-6-5-11-16(24-13)26-18(28-19(11)27)9-1-3-10(21)4-2-9/h1-8,18H,(H,22,23)(H,24,26)/t18-/m0/s1. The highest BCUT2D eigenvalue weighted by Crippen LogP contribution is 2.33. The van der Waals surface area contributed by atoms with Gasteiger partial charge in [-0.1, -0.05) is 23.7 Å². The maximum Gasteiger partial charge on any atom is 0.344 e. The normalized spacial score (nSPS) is 15.8. The minimum absolute atomic E-state index is 0.268. The molecule has 0 aliphatic carbocycles. The van der Waals surface area contributed by atoms with E-state index in [1.807, 2.05) is 0 Å². The van der Waals surface area contributed by atoms with Crippen molar-refractivity contribution in [3.05, 3.63) is 70.9 Å². The fourth-order valence-electron chi connectivity index (χ4n) is 3.06. The average molecular weight is 396 g/mol. The molecular weight excluding hydrogens is 385 g/mol.